The first-order valence-corrected chi connectivity index (χ1v) is 9.33. The Morgan fingerprint density at radius 3 is 2.54 bits per heavy atom. The molecule has 6 nitrogen and oxygen atoms in total. The van der Waals surface area contributed by atoms with Gasteiger partial charge in [-0.05, 0) is 24.5 Å². The van der Waals surface area contributed by atoms with Crippen LogP contribution in [-0.4, -0.2) is 64.4 Å². The van der Waals surface area contributed by atoms with Crippen molar-refractivity contribution in [1.29, 1.82) is 0 Å². The molecule has 1 atom stereocenters. The standard InChI is InChI=1S/C20H25N5O/c1-16(25-9-6-17-4-2-3-5-18(17)15-25)20(26)24-12-10-23(11-13-24)19-14-21-7-8-22-19/h2-5,7-8,14,16H,6,9-13,15H2,1H3/t16-/m1/s1. The lowest BCUT2D eigenvalue weighted by Crippen LogP contribution is -2.55. The second-order valence-electron chi connectivity index (χ2n) is 7.04. The topological polar surface area (TPSA) is 52.6 Å². The molecule has 1 aromatic carbocycles. The van der Waals surface area contributed by atoms with Crippen LogP contribution in [0.3, 0.4) is 0 Å². The molecular weight excluding hydrogens is 326 g/mol. The first-order valence-electron chi connectivity index (χ1n) is 9.33. The van der Waals surface area contributed by atoms with Gasteiger partial charge >= 0.3 is 0 Å². The molecule has 2 aliphatic heterocycles. The highest BCUT2D eigenvalue weighted by Crippen LogP contribution is 2.21. The van der Waals surface area contributed by atoms with Gasteiger partial charge in [-0.1, -0.05) is 24.3 Å². The molecule has 0 N–H and O–H groups in total. The van der Waals surface area contributed by atoms with Gasteiger partial charge in [-0.15, -0.1) is 0 Å². The number of rotatable bonds is 3. The number of fused-ring (bicyclic) bond motifs is 1. The molecule has 4 rings (SSSR count). The summed E-state index contributed by atoms with van der Waals surface area (Å²) < 4.78 is 0. The molecule has 0 radical (unpaired) electrons. The van der Waals surface area contributed by atoms with Crippen LogP contribution in [0.4, 0.5) is 5.82 Å². The van der Waals surface area contributed by atoms with E-state index >= 15 is 0 Å². The molecule has 2 aliphatic rings. The first-order chi connectivity index (χ1) is 12.7. The molecule has 3 heterocycles. The van der Waals surface area contributed by atoms with Crippen LogP contribution in [0.25, 0.3) is 0 Å². The summed E-state index contributed by atoms with van der Waals surface area (Å²) in [6, 6.07) is 8.48. The van der Waals surface area contributed by atoms with Crippen LogP contribution in [0, 0.1) is 0 Å². The molecule has 0 unspecified atom stereocenters. The molecule has 1 fully saturated rings. The van der Waals surface area contributed by atoms with Gasteiger partial charge in [0, 0.05) is 51.7 Å². The lowest BCUT2D eigenvalue weighted by atomic mass is 9.98. The fourth-order valence-electron chi connectivity index (χ4n) is 3.88. The molecule has 26 heavy (non-hydrogen) atoms. The van der Waals surface area contributed by atoms with E-state index in [0.29, 0.717) is 0 Å². The lowest BCUT2D eigenvalue weighted by molar-refractivity contribution is -0.137. The van der Waals surface area contributed by atoms with Crippen LogP contribution in [0.2, 0.25) is 0 Å². The highest BCUT2D eigenvalue weighted by Gasteiger charge is 2.30. The Labute approximate surface area is 154 Å². The number of carbonyl (C=O) groups excluding carboxylic acids is 1. The SMILES string of the molecule is C[C@H](C(=O)N1CCN(c2cnccn2)CC1)N1CCc2ccccc2C1. The van der Waals surface area contributed by atoms with Crippen molar-refractivity contribution in [2.24, 2.45) is 0 Å². The Hall–Kier alpha value is -2.47. The summed E-state index contributed by atoms with van der Waals surface area (Å²) in [7, 11) is 0. The maximum absolute atomic E-state index is 13.0. The average molecular weight is 351 g/mol. The van der Waals surface area contributed by atoms with Crippen LogP contribution in [0.1, 0.15) is 18.1 Å². The summed E-state index contributed by atoms with van der Waals surface area (Å²) in [5, 5.41) is 0. The zero-order chi connectivity index (χ0) is 17.9. The second kappa shape index (κ2) is 7.41. The van der Waals surface area contributed by atoms with E-state index in [-0.39, 0.29) is 11.9 Å². The second-order valence-corrected chi connectivity index (χ2v) is 7.04. The third-order valence-electron chi connectivity index (χ3n) is 5.53. The van der Waals surface area contributed by atoms with Gasteiger partial charge in [-0.3, -0.25) is 14.7 Å². The number of carbonyl (C=O) groups is 1. The van der Waals surface area contributed by atoms with Gasteiger partial charge in [0.25, 0.3) is 0 Å². The Balaban J connectivity index is 1.35. The van der Waals surface area contributed by atoms with Crippen molar-refractivity contribution in [3.8, 4) is 0 Å². The number of benzene rings is 1. The van der Waals surface area contributed by atoms with Gasteiger partial charge in [-0.2, -0.15) is 0 Å². The van der Waals surface area contributed by atoms with Crippen molar-refractivity contribution in [2.75, 3.05) is 37.6 Å². The summed E-state index contributed by atoms with van der Waals surface area (Å²) in [6.45, 7) is 6.95. The number of hydrogen-bond acceptors (Lipinski definition) is 5. The molecule has 136 valence electrons. The number of aromatic nitrogens is 2. The van der Waals surface area contributed by atoms with E-state index < -0.39 is 0 Å². The third kappa shape index (κ3) is 3.42. The van der Waals surface area contributed by atoms with Gasteiger partial charge in [0.15, 0.2) is 0 Å². The van der Waals surface area contributed by atoms with Gasteiger partial charge in [0.1, 0.15) is 5.82 Å². The van der Waals surface area contributed by atoms with Gasteiger partial charge < -0.3 is 9.80 Å². The van der Waals surface area contributed by atoms with Crippen LogP contribution in [-0.2, 0) is 17.8 Å². The Morgan fingerprint density at radius 2 is 1.81 bits per heavy atom. The maximum Gasteiger partial charge on any atom is 0.239 e. The Kier molecular flexibility index (Phi) is 4.84. The van der Waals surface area contributed by atoms with Crippen LogP contribution >= 0.6 is 0 Å². The summed E-state index contributed by atoms with van der Waals surface area (Å²) in [4.78, 5) is 28.0. The first kappa shape index (κ1) is 17.0. The van der Waals surface area contributed by atoms with Gasteiger partial charge in [-0.25, -0.2) is 4.98 Å². The molecule has 0 bridgehead atoms. The molecule has 1 saturated heterocycles. The number of piperazine rings is 1. The van der Waals surface area contributed by atoms with Crippen molar-refractivity contribution in [1.82, 2.24) is 19.8 Å². The van der Waals surface area contributed by atoms with Crippen LogP contribution < -0.4 is 4.90 Å². The quantitative estimate of drug-likeness (QED) is 0.840. The summed E-state index contributed by atoms with van der Waals surface area (Å²) in [5.41, 5.74) is 2.77. The molecule has 6 heteroatoms. The fourth-order valence-corrected chi connectivity index (χ4v) is 3.88. The average Bonchev–Trinajstić information content (AvgIpc) is 2.73. The van der Waals surface area contributed by atoms with Crippen molar-refractivity contribution in [3.05, 3.63) is 54.0 Å². The molecule has 0 aliphatic carbocycles. The lowest BCUT2D eigenvalue weighted by Gasteiger charge is -2.39. The fraction of sp³-hybridized carbons (Fsp3) is 0.450. The summed E-state index contributed by atoms with van der Waals surface area (Å²) >= 11 is 0. The molecular formula is C20H25N5O. The third-order valence-corrected chi connectivity index (χ3v) is 5.53. The zero-order valence-corrected chi connectivity index (χ0v) is 15.2. The Morgan fingerprint density at radius 1 is 1.04 bits per heavy atom. The molecule has 1 amide bonds. The zero-order valence-electron chi connectivity index (χ0n) is 15.2. The minimum absolute atomic E-state index is 0.0774. The minimum Gasteiger partial charge on any atom is -0.352 e. The maximum atomic E-state index is 13.0. The largest absolute Gasteiger partial charge is 0.352 e. The van der Waals surface area contributed by atoms with Gasteiger partial charge in [0.05, 0.1) is 12.2 Å². The molecule has 0 spiro atoms. The minimum atomic E-state index is -0.0774. The number of anilines is 1. The van der Waals surface area contributed by atoms with Crippen molar-refractivity contribution in [2.45, 2.75) is 25.9 Å². The molecule has 1 aromatic heterocycles. The molecule has 2 aromatic rings. The van der Waals surface area contributed by atoms with E-state index in [4.69, 9.17) is 0 Å². The van der Waals surface area contributed by atoms with E-state index in [2.05, 4.69) is 44.0 Å². The van der Waals surface area contributed by atoms with E-state index in [9.17, 15) is 4.79 Å². The molecule has 0 saturated carbocycles. The van der Waals surface area contributed by atoms with Crippen molar-refractivity contribution < 1.29 is 4.79 Å². The number of nitrogens with zero attached hydrogens (tertiary/aromatic N) is 5. The highest BCUT2D eigenvalue weighted by molar-refractivity contribution is 5.81. The Bertz CT molecular complexity index is 758. The van der Waals surface area contributed by atoms with E-state index in [0.717, 1.165) is 51.5 Å². The van der Waals surface area contributed by atoms with E-state index in [1.165, 1.54) is 11.1 Å². The number of amides is 1. The van der Waals surface area contributed by atoms with Gasteiger partial charge in [0.2, 0.25) is 5.91 Å². The predicted octanol–water partition coefficient (Wildman–Crippen LogP) is 1.57. The summed E-state index contributed by atoms with van der Waals surface area (Å²) in [6.07, 6.45) is 6.20. The van der Waals surface area contributed by atoms with E-state index in [1.807, 2.05) is 11.8 Å². The summed E-state index contributed by atoms with van der Waals surface area (Å²) in [5.74, 6) is 1.13. The predicted molar refractivity (Wildman–Crippen MR) is 101 cm³/mol. The normalized spacial score (nSPS) is 19.1. The van der Waals surface area contributed by atoms with Crippen molar-refractivity contribution >= 4 is 11.7 Å². The van der Waals surface area contributed by atoms with Crippen molar-refractivity contribution in [3.63, 3.8) is 0 Å². The van der Waals surface area contributed by atoms with Crippen LogP contribution in [0.5, 0.6) is 0 Å². The highest BCUT2D eigenvalue weighted by atomic mass is 16.2. The van der Waals surface area contributed by atoms with Crippen LogP contribution in [0.15, 0.2) is 42.9 Å². The monoisotopic (exact) mass is 351 g/mol. The number of hydrogen-bond donors (Lipinski definition) is 0. The smallest absolute Gasteiger partial charge is 0.239 e. The van der Waals surface area contributed by atoms with E-state index in [1.54, 1.807) is 18.6 Å².